The number of hydrogen-bond donors (Lipinski definition) is 1. The second kappa shape index (κ2) is 10.3. The normalized spacial score (nSPS) is 15.5. The number of hydrogen-bond acceptors (Lipinski definition) is 4. The standard InChI is InChI=1S/C26H22FN3O2S/c1-18(24(31)28-17-20-10-6-3-7-11-20)33-26-29-23(16-19-8-4-2-5-9-19)25(32)30(26)22-14-12-21(27)13-15-22/h2-16,18H,17H2,1H3,(H,28,31)/b23-16-. The molecule has 0 fully saturated rings. The van der Waals surface area contributed by atoms with Gasteiger partial charge in [0.25, 0.3) is 5.91 Å². The van der Waals surface area contributed by atoms with Gasteiger partial charge in [0.2, 0.25) is 5.91 Å². The summed E-state index contributed by atoms with van der Waals surface area (Å²) in [5, 5.41) is 2.79. The Morgan fingerprint density at radius 1 is 1.03 bits per heavy atom. The van der Waals surface area contributed by atoms with Crippen molar-refractivity contribution < 1.29 is 14.0 Å². The second-order valence-corrected chi connectivity index (χ2v) is 8.72. The molecule has 166 valence electrons. The minimum absolute atomic E-state index is 0.168. The van der Waals surface area contributed by atoms with Crippen LogP contribution in [-0.2, 0) is 16.1 Å². The average molecular weight is 460 g/mol. The summed E-state index contributed by atoms with van der Waals surface area (Å²) in [7, 11) is 0. The molecule has 0 saturated heterocycles. The number of halogens is 1. The number of nitrogens with one attached hydrogen (secondary N) is 1. The molecule has 5 nitrogen and oxygen atoms in total. The number of carbonyl (C=O) groups is 2. The van der Waals surface area contributed by atoms with Gasteiger partial charge in [0.15, 0.2) is 5.17 Å². The van der Waals surface area contributed by atoms with E-state index in [0.29, 0.717) is 17.4 Å². The Kier molecular flexibility index (Phi) is 7.00. The van der Waals surface area contributed by atoms with E-state index in [4.69, 9.17) is 0 Å². The SMILES string of the molecule is CC(SC1=N/C(=C\c2ccccc2)C(=O)N1c1ccc(F)cc1)C(=O)NCc1ccccc1. The highest BCUT2D eigenvalue weighted by atomic mass is 32.2. The molecule has 1 aliphatic rings. The largest absolute Gasteiger partial charge is 0.351 e. The zero-order valence-corrected chi connectivity index (χ0v) is 18.8. The number of carbonyl (C=O) groups excluding carboxylic acids is 2. The van der Waals surface area contributed by atoms with Gasteiger partial charge in [0.05, 0.1) is 10.9 Å². The quantitative estimate of drug-likeness (QED) is 0.527. The smallest absolute Gasteiger partial charge is 0.283 e. The van der Waals surface area contributed by atoms with Crippen LogP contribution in [-0.4, -0.2) is 22.2 Å². The van der Waals surface area contributed by atoms with E-state index in [1.54, 1.807) is 13.0 Å². The van der Waals surface area contributed by atoms with Crippen LogP contribution in [0.15, 0.2) is 95.6 Å². The van der Waals surface area contributed by atoms with E-state index in [1.807, 2.05) is 60.7 Å². The zero-order valence-electron chi connectivity index (χ0n) is 17.9. The molecule has 1 atom stereocenters. The maximum absolute atomic E-state index is 13.5. The lowest BCUT2D eigenvalue weighted by atomic mass is 10.2. The Morgan fingerprint density at radius 2 is 1.67 bits per heavy atom. The number of amides is 2. The van der Waals surface area contributed by atoms with Gasteiger partial charge >= 0.3 is 0 Å². The molecule has 1 unspecified atom stereocenters. The fourth-order valence-electron chi connectivity index (χ4n) is 3.24. The first-order chi connectivity index (χ1) is 16.0. The van der Waals surface area contributed by atoms with Crippen LogP contribution < -0.4 is 10.2 Å². The van der Waals surface area contributed by atoms with Crippen LogP contribution in [0.1, 0.15) is 18.1 Å². The fraction of sp³-hybridized carbons (Fsp3) is 0.115. The number of benzene rings is 3. The summed E-state index contributed by atoms with van der Waals surface area (Å²) in [5.74, 6) is -0.895. The monoisotopic (exact) mass is 459 g/mol. The maximum Gasteiger partial charge on any atom is 0.283 e. The number of amidine groups is 1. The van der Waals surface area contributed by atoms with Crippen molar-refractivity contribution in [3.05, 3.63) is 108 Å². The lowest BCUT2D eigenvalue weighted by Crippen LogP contribution is -2.35. The summed E-state index contributed by atoms with van der Waals surface area (Å²) >= 11 is 1.18. The third-order valence-electron chi connectivity index (χ3n) is 4.98. The highest BCUT2D eigenvalue weighted by Crippen LogP contribution is 2.31. The van der Waals surface area contributed by atoms with Crippen LogP contribution in [0.5, 0.6) is 0 Å². The fourth-order valence-corrected chi connectivity index (χ4v) is 4.19. The van der Waals surface area contributed by atoms with E-state index in [2.05, 4.69) is 10.3 Å². The third kappa shape index (κ3) is 5.56. The summed E-state index contributed by atoms with van der Waals surface area (Å²) in [6.45, 7) is 2.18. The van der Waals surface area contributed by atoms with Gasteiger partial charge in [-0.2, -0.15) is 0 Å². The Bertz CT molecular complexity index is 1200. The molecule has 0 bridgehead atoms. The predicted molar refractivity (Wildman–Crippen MR) is 131 cm³/mol. The van der Waals surface area contributed by atoms with Crippen LogP contribution in [0.25, 0.3) is 6.08 Å². The molecule has 3 aromatic carbocycles. The van der Waals surface area contributed by atoms with Crippen LogP contribution in [0.4, 0.5) is 10.1 Å². The number of thioether (sulfide) groups is 1. The molecule has 0 saturated carbocycles. The molecular formula is C26H22FN3O2S. The summed E-state index contributed by atoms with van der Waals surface area (Å²) in [4.78, 5) is 31.8. The first kappa shape index (κ1) is 22.5. The van der Waals surface area contributed by atoms with Gasteiger partial charge in [-0.25, -0.2) is 9.38 Å². The maximum atomic E-state index is 13.5. The van der Waals surface area contributed by atoms with Crippen molar-refractivity contribution in [1.29, 1.82) is 0 Å². The number of rotatable bonds is 6. The van der Waals surface area contributed by atoms with Gasteiger partial charge in [0, 0.05) is 6.54 Å². The third-order valence-corrected chi connectivity index (χ3v) is 6.03. The summed E-state index contributed by atoms with van der Waals surface area (Å²) in [6, 6.07) is 24.7. The Hall–Kier alpha value is -3.71. The highest BCUT2D eigenvalue weighted by Gasteiger charge is 2.34. The highest BCUT2D eigenvalue weighted by molar-refractivity contribution is 8.15. The van der Waals surface area contributed by atoms with Gasteiger partial charge in [0.1, 0.15) is 11.5 Å². The Balaban J connectivity index is 1.55. The van der Waals surface area contributed by atoms with Gasteiger partial charge in [-0.05, 0) is 48.4 Å². The van der Waals surface area contributed by atoms with E-state index < -0.39 is 11.1 Å². The van der Waals surface area contributed by atoms with Crippen molar-refractivity contribution in [1.82, 2.24) is 5.32 Å². The molecule has 1 N–H and O–H groups in total. The van der Waals surface area contributed by atoms with Crippen molar-refractivity contribution in [2.45, 2.75) is 18.7 Å². The molecule has 0 aromatic heterocycles. The van der Waals surface area contributed by atoms with E-state index in [9.17, 15) is 14.0 Å². The van der Waals surface area contributed by atoms with Crippen molar-refractivity contribution in [3.8, 4) is 0 Å². The van der Waals surface area contributed by atoms with Gasteiger partial charge in [-0.3, -0.25) is 14.5 Å². The number of nitrogens with zero attached hydrogens (tertiary/aromatic N) is 2. The van der Waals surface area contributed by atoms with E-state index in [-0.39, 0.29) is 17.5 Å². The molecule has 2 amide bonds. The summed E-state index contributed by atoms with van der Waals surface area (Å²) in [5.41, 5.74) is 2.58. The molecule has 0 spiro atoms. The van der Waals surface area contributed by atoms with Crippen molar-refractivity contribution in [2.24, 2.45) is 4.99 Å². The zero-order chi connectivity index (χ0) is 23.2. The van der Waals surface area contributed by atoms with Crippen LogP contribution in [0.2, 0.25) is 0 Å². The lowest BCUT2D eigenvalue weighted by Gasteiger charge is -2.20. The Morgan fingerprint density at radius 3 is 2.33 bits per heavy atom. The van der Waals surface area contributed by atoms with Crippen molar-refractivity contribution >= 4 is 40.5 Å². The molecule has 4 rings (SSSR count). The molecular weight excluding hydrogens is 437 g/mol. The van der Waals surface area contributed by atoms with Gasteiger partial charge < -0.3 is 5.32 Å². The van der Waals surface area contributed by atoms with Crippen LogP contribution in [0.3, 0.4) is 0 Å². The van der Waals surface area contributed by atoms with Crippen LogP contribution in [0, 0.1) is 5.82 Å². The Labute approximate surface area is 196 Å². The molecule has 7 heteroatoms. The summed E-state index contributed by atoms with van der Waals surface area (Å²) < 4.78 is 13.5. The molecule has 0 aliphatic carbocycles. The topological polar surface area (TPSA) is 61.8 Å². The minimum atomic E-state index is -0.501. The molecule has 3 aromatic rings. The first-order valence-corrected chi connectivity index (χ1v) is 11.3. The number of anilines is 1. The molecule has 33 heavy (non-hydrogen) atoms. The van der Waals surface area contributed by atoms with E-state index >= 15 is 0 Å². The summed E-state index contributed by atoms with van der Waals surface area (Å²) in [6.07, 6.45) is 1.70. The average Bonchev–Trinajstić information content (AvgIpc) is 3.13. The van der Waals surface area contributed by atoms with Crippen molar-refractivity contribution in [2.75, 3.05) is 4.90 Å². The van der Waals surface area contributed by atoms with E-state index in [0.717, 1.165) is 11.1 Å². The lowest BCUT2D eigenvalue weighted by molar-refractivity contribution is -0.120. The number of aliphatic imine (C=N–C) groups is 1. The van der Waals surface area contributed by atoms with Crippen molar-refractivity contribution in [3.63, 3.8) is 0 Å². The van der Waals surface area contributed by atoms with Gasteiger partial charge in [-0.1, -0.05) is 72.4 Å². The predicted octanol–water partition coefficient (Wildman–Crippen LogP) is 5.01. The van der Waals surface area contributed by atoms with E-state index in [1.165, 1.54) is 40.9 Å². The molecule has 0 radical (unpaired) electrons. The minimum Gasteiger partial charge on any atom is -0.351 e. The van der Waals surface area contributed by atoms with Crippen LogP contribution >= 0.6 is 11.8 Å². The molecule has 1 aliphatic heterocycles. The first-order valence-electron chi connectivity index (χ1n) is 10.4. The second-order valence-electron chi connectivity index (χ2n) is 7.42. The van der Waals surface area contributed by atoms with Gasteiger partial charge in [-0.15, -0.1) is 0 Å². The molecule has 1 heterocycles.